The highest BCUT2D eigenvalue weighted by molar-refractivity contribution is 6.23. The number of amides is 4. The summed E-state index contributed by atoms with van der Waals surface area (Å²) in [5.74, 6) is -1.78. The number of aromatic nitrogens is 4. The first-order valence-electron chi connectivity index (χ1n) is 14.7. The number of nitrogens with one attached hydrogen (secondary N) is 1. The molecule has 0 radical (unpaired) electrons. The Bertz CT molecular complexity index is 1680. The Morgan fingerprint density at radius 2 is 1.85 bits per heavy atom. The van der Waals surface area contributed by atoms with E-state index in [0.29, 0.717) is 41.6 Å². The highest BCUT2D eigenvalue weighted by atomic mass is 19.4. The van der Waals surface area contributed by atoms with Crippen LogP contribution in [0, 0.1) is 17.1 Å². The van der Waals surface area contributed by atoms with Crippen molar-refractivity contribution < 1.29 is 37.2 Å². The molecule has 12 nitrogen and oxygen atoms in total. The van der Waals surface area contributed by atoms with E-state index in [2.05, 4.69) is 15.3 Å². The number of anilines is 1. The summed E-state index contributed by atoms with van der Waals surface area (Å²) in [4.78, 5) is 43.4. The zero-order valence-electron chi connectivity index (χ0n) is 24.6. The fourth-order valence-electron chi connectivity index (χ4n) is 5.73. The Hall–Kier alpha value is -4.91. The number of unbranched alkanes of at least 4 members (excludes halogenated alkanes) is 4. The molecule has 46 heavy (non-hydrogen) atoms. The van der Waals surface area contributed by atoms with Gasteiger partial charge in [-0.25, -0.2) is 24.5 Å². The van der Waals surface area contributed by atoms with Gasteiger partial charge in [-0.3, -0.25) is 19.5 Å². The predicted octanol–water partition coefficient (Wildman–Crippen LogP) is 5.11. The molecule has 1 saturated heterocycles. The standard InChI is InChI=1S/C30H30F4N8O4/c31-23-13-19(25-18-40(39-37-25)12-5-3-1-2-4-7-26(43)38-46)8-9-20(23)17-41-28(45)42(27(44)29(41)10-6-11-29)21-14-22(30(32,33)34)24(15-35)36-16-21/h8-9,13-14,16,18,46H,1-7,10-12,17H2,(H,38,43). The molecular formula is C30H30F4N8O4. The molecule has 0 unspecified atom stereocenters. The van der Waals surface area contributed by atoms with Crippen LogP contribution in [0.2, 0.25) is 0 Å². The number of carbonyl (C=O) groups is 3. The summed E-state index contributed by atoms with van der Waals surface area (Å²) in [6, 6.07) is 5.37. The van der Waals surface area contributed by atoms with E-state index in [9.17, 15) is 27.6 Å². The van der Waals surface area contributed by atoms with E-state index in [0.717, 1.165) is 31.9 Å². The molecule has 2 aliphatic rings. The van der Waals surface area contributed by atoms with Crippen molar-refractivity contribution in [3.05, 3.63) is 59.3 Å². The molecule has 5 rings (SSSR count). The molecule has 16 heteroatoms. The highest BCUT2D eigenvalue weighted by Crippen LogP contribution is 2.47. The van der Waals surface area contributed by atoms with Crippen LogP contribution in [0.5, 0.6) is 0 Å². The first kappa shape index (κ1) is 32.5. The zero-order chi connectivity index (χ0) is 33.1. The lowest BCUT2D eigenvalue weighted by molar-refractivity contribution is -0.138. The highest BCUT2D eigenvalue weighted by Gasteiger charge is 2.61. The van der Waals surface area contributed by atoms with Crippen LogP contribution in [-0.2, 0) is 28.9 Å². The summed E-state index contributed by atoms with van der Waals surface area (Å²) in [5.41, 5.74) is -1.39. The van der Waals surface area contributed by atoms with Gasteiger partial charge in [0.25, 0.3) is 5.91 Å². The Balaban J connectivity index is 1.25. The number of nitriles is 1. The van der Waals surface area contributed by atoms with Crippen LogP contribution in [0.1, 0.15) is 74.6 Å². The van der Waals surface area contributed by atoms with Gasteiger partial charge in [-0.2, -0.15) is 18.4 Å². The molecule has 1 aliphatic carbocycles. The SMILES string of the molecule is N#Cc1ncc(N2C(=O)N(Cc3ccc(-c4cn(CCCCCCCC(=O)NO)nn4)cc3F)C3(CCC3)C2=O)cc1C(F)(F)F. The van der Waals surface area contributed by atoms with Crippen molar-refractivity contribution in [2.45, 2.75) is 82.6 Å². The number of hydrogen-bond acceptors (Lipinski definition) is 8. The van der Waals surface area contributed by atoms with Gasteiger partial charge in [0, 0.05) is 24.1 Å². The van der Waals surface area contributed by atoms with Gasteiger partial charge in [-0.1, -0.05) is 36.6 Å². The second-order valence-corrected chi connectivity index (χ2v) is 11.3. The third-order valence-corrected chi connectivity index (χ3v) is 8.40. The molecule has 4 amide bonds. The van der Waals surface area contributed by atoms with Crippen molar-refractivity contribution in [1.29, 1.82) is 5.26 Å². The third kappa shape index (κ3) is 6.41. The normalized spacial score (nSPS) is 15.7. The minimum absolute atomic E-state index is 0.107. The van der Waals surface area contributed by atoms with Crippen molar-refractivity contribution in [3.63, 3.8) is 0 Å². The fraction of sp³-hybridized carbons (Fsp3) is 0.433. The van der Waals surface area contributed by atoms with E-state index in [1.807, 2.05) is 0 Å². The minimum Gasteiger partial charge on any atom is -0.305 e. The number of alkyl halides is 3. The number of rotatable bonds is 12. The third-order valence-electron chi connectivity index (χ3n) is 8.40. The van der Waals surface area contributed by atoms with Crippen LogP contribution in [-0.4, -0.2) is 53.5 Å². The number of benzene rings is 1. The Morgan fingerprint density at radius 3 is 2.50 bits per heavy atom. The molecule has 0 atom stereocenters. The molecule has 2 aromatic heterocycles. The lowest BCUT2D eigenvalue weighted by atomic mass is 9.75. The van der Waals surface area contributed by atoms with Gasteiger partial charge in [0.15, 0.2) is 5.69 Å². The van der Waals surface area contributed by atoms with E-state index >= 15 is 4.39 Å². The maximum Gasteiger partial charge on any atom is 0.419 e. The molecule has 1 aliphatic heterocycles. The van der Waals surface area contributed by atoms with Crippen molar-refractivity contribution in [2.75, 3.05) is 4.90 Å². The summed E-state index contributed by atoms with van der Waals surface area (Å²) in [5, 5.41) is 25.8. The topological polar surface area (TPSA) is 157 Å². The number of carbonyl (C=O) groups excluding carboxylic acids is 3. The molecule has 242 valence electrons. The van der Waals surface area contributed by atoms with E-state index in [-0.39, 0.29) is 31.4 Å². The number of aryl methyl sites for hydroxylation is 1. The summed E-state index contributed by atoms with van der Waals surface area (Å²) in [6.07, 6.45) is 3.21. The quantitative estimate of drug-likeness (QED) is 0.0908. The van der Waals surface area contributed by atoms with Crippen LogP contribution < -0.4 is 10.4 Å². The Kier molecular flexibility index (Phi) is 9.33. The van der Waals surface area contributed by atoms with Gasteiger partial charge in [0.05, 0.1) is 30.2 Å². The number of pyridine rings is 1. The van der Waals surface area contributed by atoms with E-state index in [4.69, 9.17) is 10.5 Å². The van der Waals surface area contributed by atoms with Crippen molar-refractivity contribution in [1.82, 2.24) is 30.4 Å². The summed E-state index contributed by atoms with van der Waals surface area (Å²) in [7, 11) is 0. The van der Waals surface area contributed by atoms with Crippen molar-refractivity contribution >= 4 is 23.5 Å². The maximum absolute atomic E-state index is 15.4. The van der Waals surface area contributed by atoms with Crippen LogP contribution in [0.25, 0.3) is 11.3 Å². The number of urea groups is 1. The minimum atomic E-state index is -4.94. The second-order valence-electron chi connectivity index (χ2n) is 11.3. The van der Waals surface area contributed by atoms with Crippen LogP contribution in [0.4, 0.5) is 28.0 Å². The molecule has 2 N–H and O–H groups in total. The first-order chi connectivity index (χ1) is 22.0. The van der Waals surface area contributed by atoms with Crippen LogP contribution in [0.3, 0.4) is 0 Å². The lowest BCUT2D eigenvalue weighted by Crippen LogP contribution is -2.54. The first-order valence-corrected chi connectivity index (χ1v) is 14.7. The Morgan fingerprint density at radius 1 is 1.11 bits per heavy atom. The monoisotopic (exact) mass is 642 g/mol. The number of imide groups is 1. The van der Waals surface area contributed by atoms with E-state index in [1.165, 1.54) is 23.1 Å². The zero-order valence-corrected chi connectivity index (χ0v) is 24.6. The molecule has 1 saturated carbocycles. The number of nitrogens with zero attached hydrogens (tertiary/aromatic N) is 7. The lowest BCUT2D eigenvalue weighted by Gasteiger charge is -2.42. The number of hydrogen-bond donors (Lipinski definition) is 2. The molecule has 0 bridgehead atoms. The summed E-state index contributed by atoms with van der Waals surface area (Å²) < 4.78 is 57.8. The van der Waals surface area contributed by atoms with Crippen LogP contribution in [0.15, 0.2) is 36.7 Å². The second kappa shape index (κ2) is 13.2. The smallest absolute Gasteiger partial charge is 0.305 e. The maximum atomic E-state index is 15.4. The van der Waals surface area contributed by atoms with Crippen molar-refractivity contribution in [3.8, 4) is 17.3 Å². The van der Waals surface area contributed by atoms with Crippen LogP contribution >= 0.6 is 0 Å². The molecule has 1 aromatic carbocycles. The molecule has 1 spiro atoms. The summed E-state index contributed by atoms with van der Waals surface area (Å²) in [6.45, 7) is 0.300. The van der Waals surface area contributed by atoms with Gasteiger partial charge < -0.3 is 4.90 Å². The largest absolute Gasteiger partial charge is 0.419 e. The van der Waals surface area contributed by atoms with Gasteiger partial charge in [0.2, 0.25) is 5.91 Å². The van der Waals surface area contributed by atoms with E-state index in [1.54, 1.807) is 22.4 Å². The van der Waals surface area contributed by atoms with Crippen molar-refractivity contribution in [2.24, 2.45) is 0 Å². The molecular weight excluding hydrogens is 612 g/mol. The molecule has 3 aromatic rings. The molecule has 2 fully saturated rings. The van der Waals surface area contributed by atoms with Gasteiger partial charge in [-0.05, 0) is 44.2 Å². The summed E-state index contributed by atoms with van der Waals surface area (Å²) >= 11 is 0. The Labute approximate surface area is 260 Å². The number of hydroxylamine groups is 1. The number of halogens is 4. The average molecular weight is 643 g/mol. The van der Waals surface area contributed by atoms with E-state index < -0.39 is 52.3 Å². The predicted molar refractivity (Wildman–Crippen MR) is 152 cm³/mol. The molecule has 3 heterocycles. The fourth-order valence-corrected chi connectivity index (χ4v) is 5.73. The average Bonchev–Trinajstić information content (AvgIpc) is 3.56. The van der Waals surface area contributed by atoms with Gasteiger partial charge in [-0.15, -0.1) is 5.10 Å². The van der Waals surface area contributed by atoms with Gasteiger partial charge >= 0.3 is 12.2 Å². The van der Waals surface area contributed by atoms with Gasteiger partial charge in [0.1, 0.15) is 23.1 Å².